The van der Waals surface area contributed by atoms with Crippen molar-refractivity contribution < 1.29 is 17.6 Å². The van der Waals surface area contributed by atoms with Gasteiger partial charge in [0.15, 0.2) is 15.8 Å². The van der Waals surface area contributed by atoms with E-state index in [1.54, 1.807) is 12.1 Å². The van der Waals surface area contributed by atoms with Crippen LogP contribution in [0.25, 0.3) is 0 Å². The van der Waals surface area contributed by atoms with E-state index >= 15 is 0 Å². The minimum absolute atomic E-state index is 0. The summed E-state index contributed by atoms with van der Waals surface area (Å²) in [5, 5.41) is 6.48. The van der Waals surface area contributed by atoms with Crippen molar-refractivity contribution in [2.45, 2.75) is 31.7 Å². The van der Waals surface area contributed by atoms with Gasteiger partial charge in [-0.25, -0.2) is 13.4 Å². The van der Waals surface area contributed by atoms with Crippen LogP contribution in [0.3, 0.4) is 0 Å². The minimum atomic E-state index is -3.20. The lowest BCUT2D eigenvalue weighted by Gasteiger charge is -2.16. The van der Waals surface area contributed by atoms with Crippen LogP contribution in [0.5, 0.6) is 5.75 Å². The zero-order valence-electron chi connectivity index (χ0n) is 16.6. The molecule has 28 heavy (non-hydrogen) atoms. The molecule has 2 N–H and O–H groups in total. The number of benzene rings is 1. The van der Waals surface area contributed by atoms with Crippen LogP contribution < -0.4 is 15.4 Å². The molecule has 1 atom stereocenters. The van der Waals surface area contributed by atoms with Crippen molar-refractivity contribution in [2.24, 2.45) is 4.99 Å². The molecule has 0 spiro atoms. The van der Waals surface area contributed by atoms with Gasteiger partial charge in [0, 0.05) is 12.8 Å². The molecule has 0 radical (unpaired) electrons. The maximum absolute atomic E-state index is 11.5. The highest BCUT2D eigenvalue weighted by Gasteiger charge is 2.11. The summed E-state index contributed by atoms with van der Waals surface area (Å²) in [6.45, 7) is 7.48. The predicted octanol–water partition coefficient (Wildman–Crippen LogP) is 3.30. The summed E-state index contributed by atoms with van der Waals surface area (Å²) in [5.41, 5.74) is 0. The van der Waals surface area contributed by atoms with Crippen LogP contribution in [-0.2, 0) is 9.84 Å². The second-order valence-corrected chi connectivity index (χ2v) is 8.18. The Bertz CT molecular complexity index is 864. The molecule has 9 heteroatoms. The van der Waals surface area contributed by atoms with E-state index in [0.29, 0.717) is 24.9 Å². The number of guanidine groups is 1. The van der Waals surface area contributed by atoms with Crippen LogP contribution in [0.15, 0.2) is 50.7 Å². The fraction of sp³-hybridized carbons (Fsp3) is 0.421. The van der Waals surface area contributed by atoms with E-state index in [0.717, 1.165) is 18.1 Å². The van der Waals surface area contributed by atoms with Crippen LogP contribution in [0, 0.1) is 6.92 Å². The van der Waals surface area contributed by atoms with E-state index in [4.69, 9.17) is 9.15 Å². The van der Waals surface area contributed by atoms with Crippen molar-refractivity contribution in [3.8, 4) is 5.75 Å². The Morgan fingerprint density at radius 3 is 2.43 bits per heavy atom. The van der Waals surface area contributed by atoms with Gasteiger partial charge in [-0.05, 0) is 57.2 Å². The quantitative estimate of drug-likeness (QED) is 0.240. The molecule has 1 unspecified atom stereocenters. The van der Waals surface area contributed by atoms with E-state index in [9.17, 15) is 8.42 Å². The average molecular weight is 521 g/mol. The number of furan rings is 1. The molecule has 1 aromatic heterocycles. The molecule has 0 aliphatic carbocycles. The van der Waals surface area contributed by atoms with Crippen LogP contribution >= 0.6 is 24.0 Å². The molecule has 0 fully saturated rings. The third-order valence-corrected chi connectivity index (χ3v) is 4.90. The topological polar surface area (TPSA) is 92.9 Å². The average Bonchev–Trinajstić information content (AvgIpc) is 3.05. The minimum Gasteiger partial charge on any atom is -0.492 e. The van der Waals surface area contributed by atoms with Gasteiger partial charge >= 0.3 is 0 Å². The zero-order valence-corrected chi connectivity index (χ0v) is 19.7. The second-order valence-electron chi connectivity index (χ2n) is 6.17. The molecule has 0 bridgehead atoms. The molecular formula is C19H28IN3O4S. The van der Waals surface area contributed by atoms with Crippen molar-refractivity contribution >= 4 is 39.8 Å². The van der Waals surface area contributed by atoms with Gasteiger partial charge in [-0.1, -0.05) is 0 Å². The van der Waals surface area contributed by atoms with Crippen molar-refractivity contribution in [1.29, 1.82) is 0 Å². The molecule has 2 rings (SSSR count). The highest BCUT2D eigenvalue weighted by Crippen LogP contribution is 2.16. The fourth-order valence-corrected chi connectivity index (χ4v) is 3.02. The van der Waals surface area contributed by atoms with Gasteiger partial charge in [0.25, 0.3) is 0 Å². The summed E-state index contributed by atoms with van der Waals surface area (Å²) in [6.07, 6.45) is 1.18. The number of nitrogens with one attached hydrogen (secondary N) is 2. The summed E-state index contributed by atoms with van der Waals surface area (Å²) >= 11 is 0. The van der Waals surface area contributed by atoms with Crippen LogP contribution in [0.1, 0.15) is 31.4 Å². The number of aryl methyl sites for hydroxylation is 1. The van der Waals surface area contributed by atoms with Gasteiger partial charge in [0.05, 0.1) is 17.5 Å². The number of sulfone groups is 1. The molecule has 1 aromatic carbocycles. The number of halogens is 1. The van der Waals surface area contributed by atoms with Crippen LogP contribution in [0.2, 0.25) is 0 Å². The van der Waals surface area contributed by atoms with Gasteiger partial charge in [0.2, 0.25) is 0 Å². The molecule has 2 aromatic rings. The molecular weight excluding hydrogens is 493 g/mol. The maximum Gasteiger partial charge on any atom is 0.191 e. The lowest BCUT2D eigenvalue weighted by molar-refractivity contribution is 0.328. The first kappa shape index (κ1) is 24.3. The summed E-state index contributed by atoms with van der Waals surface area (Å²) in [7, 11) is -3.20. The summed E-state index contributed by atoms with van der Waals surface area (Å²) < 4.78 is 34.2. The molecule has 0 aliphatic heterocycles. The monoisotopic (exact) mass is 521 g/mol. The van der Waals surface area contributed by atoms with Crippen molar-refractivity contribution in [1.82, 2.24) is 10.6 Å². The largest absolute Gasteiger partial charge is 0.492 e. The number of aliphatic imine (C=N–C) groups is 1. The first-order valence-corrected chi connectivity index (χ1v) is 10.7. The third-order valence-electron chi connectivity index (χ3n) is 3.77. The van der Waals surface area contributed by atoms with E-state index < -0.39 is 9.84 Å². The number of nitrogens with zero attached hydrogens (tertiary/aromatic N) is 1. The molecule has 0 saturated heterocycles. The van der Waals surface area contributed by atoms with Gasteiger partial charge in [-0.15, -0.1) is 24.0 Å². The summed E-state index contributed by atoms with van der Waals surface area (Å²) in [5.74, 6) is 3.00. The van der Waals surface area contributed by atoms with Gasteiger partial charge in [0.1, 0.15) is 23.9 Å². The Morgan fingerprint density at radius 2 is 1.89 bits per heavy atom. The smallest absolute Gasteiger partial charge is 0.191 e. The number of ether oxygens (including phenoxy) is 1. The Kier molecular flexibility index (Phi) is 9.80. The van der Waals surface area contributed by atoms with Crippen molar-refractivity contribution in [3.05, 3.63) is 47.9 Å². The fourth-order valence-electron chi connectivity index (χ4n) is 2.39. The Hall–Kier alpha value is -1.75. The maximum atomic E-state index is 11.5. The predicted molar refractivity (Wildman–Crippen MR) is 121 cm³/mol. The Labute approximate surface area is 183 Å². The number of rotatable bonds is 8. The second kappa shape index (κ2) is 11.3. The molecule has 1 heterocycles. The van der Waals surface area contributed by atoms with Gasteiger partial charge < -0.3 is 19.8 Å². The van der Waals surface area contributed by atoms with E-state index in [2.05, 4.69) is 15.6 Å². The van der Waals surface area contributed by atoms with E-state index in [1.807, 2.05) is 32.9 Å². The number of hydrogen-bond acceptors (Lipinski definition) is 5. The first-order chi connectivity index (χ1) is 12.8. The van der Waals surface area contributed by atoms with Gasteiger partial charge in [-0.2, -0.15) is 0 Å². The summed E-state index contributed by atoms with van der Waals surface area (Å²) in [6, 6.07) is 10.2. The third kappa shape index (κ3) is 7.70. The standard InChI is InChI=1S/C19H27N3O4S.HI/c1-5-20-19(22-15(3)18-11-6-14(2)26-18)21-12-13-25-16-7-9-17(10-8-16)27(4,23)24;/h6-11,15H,5,12-13H2,1-4H3,(H2,20,21,22);1H. The van der Waals surface area contributed by atoms with Crippen LogP contribution in [0.4, 0.5) is 0 Å². The first-order valence-electron chi connectivity index (χ1n) is 8.83. The Morgan fingerprint density at radius 1 is 1.21 bits per heavy atom. The lowest BCUT2D eigenvalue weighted by Crippen LogP contribution is -2.39. The van der Waals surface area contributed by atoms with Crippen molar-refractivity contribution in [2.75, 3.05) is 26.0 Å². The van der Waals surface area contributed by atoms with Crippen LogP contribution in [-0.4, -0.2) is 40.3 Å². The number of hydrogen-bond donors (Lipinski definition) is 2. The molecule has 0 amide bonds. The SMILES string of the molecule is CCNC(=NCCOc1ccc(S(C)(=O)=O)cc1)NC(C)c1ccc(C)o1.I. The highest BCUT2D eigenvalue weighted by molar-refractivity contribution is 14.0. The summed E-state index contributed by atoms with van der Waals surface area (Å²) in [4.78, 5) is 4.76. The highest BCUT2D eigenvalue weighted by atomic mass is 127. The van der Waals surface area contributed by atoms with Gasteiger partial charge in [-0.3, -0.25) is 0 Å². The molecule has 156 valence electrons. The van der Waals surface area contributed by atoms with E-state index in [-0.39, 0.29) is 34.9 Å². The Balaban J connectivity index is 0.00000392. The molecule has 0 saturated carbocycles. The van der Waals surface area contributed by atoms with E-state index in [1.165, 1.54) is 18.4 Å². The normalized spacial score (nSPS) is 12.8. The molecule has 7 nitrogen and oxygen atoms in total. The zero-order chi connectivity index (χ0) is 19.9. The molecule has 0 aliphatic rings. The lowest BCUT2D eigenvalue weighted by atomic mass is 10.2. The van der Waals surface area contributed by atoms with Crippen molar-refractivity contribution in [3.63, 3.8) is 0 Å².